The number of aromatic nitrogens is 3. The number of carbonyl (C=O) groups excluding carboxylic acids is 1. The van der Waals surface area contributed by atoms with E-state index in [-0.39, 0.29) is 17.7 Å². The maximum atomic E-state index is 12.6. The number of aryl methyl sites for hydroxylation is 1. The molecule has 0 aliphatic heterocycles. The van der Waals surface area contributed by atoms with Gasteiger partial charge in [-0.2, -0.15) is 0 Å². The van der Waals surface area contributed by atoms with Crippen LogP contribution in [0.15, 0.2) is 54.2 Å². The zero-order valence-corrected chi connectivity index (χ0v) is 16.6. The fourth-order valence-electron chi connectivity index (χ4n) is 3.71. The van der Waals surface area contributed by atoms with Crippen molar-refractivity contribution in [3.05, 3.63) is 65.3 Å². The zero-order valence-electron chi connectivity index (χ0n) is 15.8. The van der Waals surface area contributed by atoms with Gasteiger partial charge in [-0.1, -0.05) is 24.3 Å². The van der Waals surface area contributed by atoms with Gasteiger partial charge in [0.15, 0.2) is 0 Å². The molecule has 29 heavy (non-hydrogen) atoms. The molecule has 3 aromatic heterocycles. The summed E-state index contributed by atoms with van der Waals surface area (Å²) in [5, 5.41) is 6.63. The van der Waals surface area contributed by atoms with Crippen molar-refractivity contribution in [1.29, 1.82) is 0 Å². The lowest BCUT2D eigenvalue weighted by Crippen LogP contribution is -2.15. The van der Waals surface area contributed by atoms with E-state index < -0.39 is 0 Å². The monoisotopic (exact) mass is 401 g/mol. The molecule has 7 heteroatoms. The van der Waals surface area contributed by atoms with E-state index >= 15 is 0 Å². The summed E-state index contributed by atoms with van der Waals surface area (Å²) in [7, 11) is 0. The van der Waals surface area contributed by atoms with E-state index in [9.17, 15) is 4.79 Å². The molecule has 0 saturated heterocycles. The summed E-state index contributed by atoms with van der Waals surface area (Å²) in [5.41, 5.74) is 10.3. The SMILES string of the molecule is Cc1ccccc1-c1cc2cc(NC(=O)C3C[C@@H]3c3cnsc3)ncc2c(N)n1. The van der Waals surface area contributed by atoms with Gasteiger partial charge in [-0.05, 0) is 59.4 Å². The summed E-state index contributed by atoms with van der Waals surface area (Å²) in [6.45, 7) is 2.05. The number of nitrogens with one attached hydrogen (secondary N) is 1. The van der Waals surface area contributed by atoms with Crippen LogP contribution in [0.3, 0.4) is 0 Å². The quantitative estimate of drug-likeness (QED) is 0.529. The second-order valence-electron chi connectivity index (χ2n) is 7.39. The predicted octanol–water partition coefficient (Wildman–Crippen LogP) is 4.39. The minimum atomic E-state index is -0.0195. The first-order chi connectivity index (χ1) is 14.1. The van der Waals surface area contributed by atoms with Crippen molar-refractivity contribution in [2.45, 2.75) is 19.3 Å². The van der Waals surface area contributed by atoms with Gasteiger partial charge in [-0.3, -0.25) is 4.79 Å². The highest BCUT2D eigenvalue weighted by molar-refractivity contribution is 7.03. The number of anilines is 2. The summed E-state index contributed by atoms with van der Waals surface area (Å²) >= 11 is 1.42. The van der Waals surface area contributed by atoms with E-state index in [0.717, 1.165) is 39.6 Å². The van der Waals surface area contributed by atoms with E-state index in [4.69, 9.17) is 5.73 Å². The Labute approximate surface area is 172 Å². The molecule has 6 nitrogen and oxygen atoms in total. The molecule has 4 aromatic rings. The van der Waals surface area contributed by atoms with Gasteiger partial charge in [0.25, 0.3) is 0 Å². The molecule has 1 unspecified atom stereocenters. The fraction of sp³-hybridized carbons (Fsp3) is 0.182. The Balaban J connectivity index is 1.42. The molecule has 2 atom stereocenters. The molecular weight excluding hydrogens is 382 g/mol. The van der Waals surface area contributed by atoms with Crippen molar-refractivity contribution >= 4 is 39.8 Å². The molecule has 1 saturated carbocycles. The number of amides is 1. The van der Waals surface area contributed by atoms with E-state index in [0.29, 0.717) is 11.6 Å². The topological polar surface area (TPSA) is 93.8 Å². The maximum absolute atomic E-state index is 12.6. The number of pyridine rings is 2. The summed E-state index contributed by atoms with van der Waals surface area (Å²) in [5.74, 6) is 1.20. The lowest BCUT2D eigenvalue weighted by molar-refractivity contribution is -0.117. The zero-order chi connectivity index (χ0) is 20.0. The number of nitrogen functional groups attached to an aromatic ring is 1. The number of benzene rings is 1. The molecule has 0 bridgehead atoms. The number of fused-ring (bicyclic) bond motifs is 1. The van der Waals surface area contributed by atoms with Crippen molar-refractivity contribution < 1.29 is 4.79 Å². The van der Waals surface area contributed by atoms with Crippen molar-refractivity contribution in [2.75, 3.05) is 11.1 Å². The van der Waals surface area contributed by atoms with Crippen LogP contribution in [0.5, 0.6) is 0 Å². The Morgan fingerprint density at radius 1 is 1.24 bits per heavy atom. The predicted molar refractivity (Wildman–Crippen MR) is 116 cm³/mol. The molecule has 1 aliphatic carbocycles. The van der Waals surface area contributed by atoms with E-state index in [1.54, 1.807) is 6.20 Å². The van der Waals surface area contributed by atoms with Gasteiger partial charge in [0.1, 0.15) is 11.6 Å². The van der Waals surface area contributed by atoms with Gasteiger partial charge in [0.05, 0.1) is 5.69 Å². The number of hydrogen-bond acceptors (Lipinski definition) is 6. The van der Waals surface area contributed by atoms with Crippen LogP contribution in [0.2, 0.25) is 0 Å². The first kappa shape index (κ1) is 17.8. The number of rotatable bonds is 4. The maximum Gasteiger partial charge on any atom is 0.229 e. The highest BCUT2D eigenvalue weighted by Crippen LogP contribution is 2.48. The van der Waals surface area contributed by atoms with Crippen molar-refractivity contribution in [1.82, 2.24) is 14.3 Å². The van der Waals surface area contributed by atoms with Gasteiger partial charge in [0.2, 0.25) is 5.91 Å². The van der Waals surface area contributed by atoms with Crippen LogP contribution < -0.4 is 11.1 Å². The van der Waals surface area contributed by atoms with Crippen LogP contribution in [-0.2, 0) is 4.79 Å². The third-order valence-corrected chi connectivity index (χ3v) is 6.03. The number of nitrogens with two attached hydrogens (primary N) is 1. The molecule has 5 rings (SSSR count). The van der Waals surface area contributed by atoms with Gasteiger partial charge in [-0.25, -0.2) is 14.3 Å². The second-order valence-corrected chi connectivity index (χ2v) is 8.05. The Kier molecular flexibility index (Phi) is 4.24. The Morgan fingerprint density at radius 2 is 2.10 bits per heavy atom. The van der Waals surface area contributed by atoms with Gasteiger partial charge in [0, 0.05) is 34.6 Å². The van der Waals surface area contributed by atoms with E-state index in [1.807, 2.05) is 54.9 Å². The van der Waals surface area contributed by atoms with Crippen LogP contribution in [0.1, 0.15) is 23.5 Å². The van der Waals surface area contributed by atoms with Crippen LogP contribution in [-0.4, -0.2) is 20.2 Å². The molecule has 3 heterocycles. The first-order valence-corrected chi connectivity index (χ1v) is 10.3. The number of carbonyl (C=O) groups is 1. The lowest BCUT2D eigenvalue weighted by Gasteiger charge is -2.10. The number of hydrogen-bond donors (Lipinski definition) is 2. The smallest absolute Gasteiger partial charge is 0.229 e. The number of nitrogens with zero attached hydrogens (tertiary/aromatic N) is 3. The average molecular weight is 401 g/mol. The standard InChI is InChI=1S/C22H19N5OS/c1-12-4-2-3-5-15(12)19-6-13-7-20(24-10-18(13)21(23)26-19)27-22(28)17-8-16(17)14-9-25-29-11-14/h2-7,9-11,16-17H,8H2,1H3,(H2,23,26)(H,24,27,28)/t16-,17?/m1/s1. The largest absolute Gasteiger partial charge is 0.383 e. The van der Waals surface area contributed by atoms with Crippen LogP contribution >= 0.6 is 11.5 Å². The summed E-state index contributed by atoms with van der Waals surface area (Å²) in [6.07, 6.45) is 4.37. The molecule has 0 radical (unpaired) electrons. The van der Waals surface area contributed by atoms with Gasteiger partial charge in [-0.15, -0.1) is 0 Å². The molecule has 1 amide bonds. The minimum absolute atomic E-state index is 0.00537. The lowest BCUT2D eigenvalue weighted by atomic mass is 10.0. The first-order valence-electron chi connectivity index (χ1n) is 9.42. The Morgan fingerprint density at radius 3 is 2.90 bits per heavy atom. The molecule has 1 aromatic carbocycles. The molecule has 0 spiro atoms. The van der Waals surface area contributed by atoms with Crippen LogP contribution in [0, 0.1) is 12.8 Å². The molecule has 3 N–H and O–H groups in total. The Hall–Kier alpha value is -3.32. The third kappa shape index (κ3) is 3.34. The Bertz CT molecular complexity index is 1220. The summed E-state index contributed by atoms with van der Waals surface area (Å²) in [6, 6.07) is 11.9. The third-order valence-electron chi connectivity index (χ3n) is 5.42. The summed E-state index contributed by atoms with van der Waals surface area (Å²) < 4.78 is 4.12. The fourth-order valence-corrected chi connectivity index (χ4v) is 4.31. The van der Waals surface area contributed by atoms with E-state index in [2.05, 4.69) is 19.7 Å². The minimum Gasteiger partial charge on any atom is -0.383 e. The molecular formula is C22H19N5OS. The highest BCUT2D eigenvalue weighted by Gasteiger charge is 2.44. The molecule has 1 aliphatic rings. The van der Waals surface area contributed by atoms with Crippen molar-refractivity contribution in [3.8, 4) is 11.3 Å². The van der Waals surface area contributed by atoms with Crippen molar-refractivity contribution in [3.63, 3.8) is 0 Å². The second kappa shape index (κ2) is 6.93. The highest BCUT2D eigenvalue weighted by atomic mass is 32.1. The van der Waals surface area contributed by atoms with Crippen molar-refractivity contribution in [2.24, 2.45) is 5.92 Å². The normalized spacial score (nSPS) is 18.0. The van der Waals surface area contributed by atoms with Crippen LogP contribution in [0.25, 0.3) is 22.0 Å². The van der Waals surface area contributed by atoms with Crippen LogP contribution in [0.4, 0.5) is 11.6 Å². The molecule has 1 fully saturated rings. The van der Waals surface area contributed by atoms with Gasteiger partial charge >= 0.3 is 0 Å². The van der Waals surface area contributed by atoms with E-state index in [1.165, 1.54) is 11.5 Å². The van der Waals surface area contributed by atoms with Gasteiger partial charge < -0.3 is 11.1 Å². The average Bonchev–Trinajstić information content (AvgIpc) is 3.33. The summed E-state index contributed by atoms with van der Waals surface area (Å²) in [4.78, 5) is 21.5. The molecule has 144 valence electrons.